The van der Waals surface area contributed by atoms with E-state index in [0.717, 1.165) is 24.8 Å². The van der Waals surface area contributed by atoms with Crippen LogP contribution in [-0.4, -0.2) is 35.6 Å². The molecule has 0 amide bonds. The fourth-order valence-electron chi connectivity index (χ4n) is 2.27. The molecule has 106 valence electrons. The third-order valence-corrected chi connectivity index (χ3v) is 5.86. The van der Waals surface area contributed by atoms with E-state index in [-0.39, 0.29) is 0 Å². The number of para-hydroxylation sites is 1. The molecule has 2 aromatic rings. The number of nitrogens with two attached hydrogens (primary N) is 1. The van der Waals surface area contributed by atoms with E-state index in [1.54, 1.807) is 0 Å². The Kier molecular flexibility index (Phi) is 3.89. The van der Waals surface area contributed by atoms with E-state index in [9.17, 15) is 0 Å². The van der Waals surface area contributed by atoms with Gasteiger partial charge in [-0.2, -0.15) is 0 Å². The van der Waals surface area contributed by atoms with Gasteiger partial charge in [0, 0.05) is 0 Å². The maximum absolute atomic E-state index is 5.89. The Morgan fingerprint density at radius 1 is 1.33 bits per heavy atom. The summed E-state index contributed by atoms with van der Waals surface area (Å²) in [5, 5.41) is 12.0. The molecular formula is C14H13N5W2. The predicted octanol–water partition coefficient (Wildman–Crippen LogP) is 0.690. The Bertz CT molecular complexity index is 831. The number of aromatic nitrogens is 2. The summed E-state index contributed by atoms with van der Waals surface area (Å²) in [5.74, 6) is 0.614. The van der Waals surface area contributed by atoms with Crippen molar-refractivity contribution in [2.45, 2.75) is 6.92 Å². The molecule has 2 N–H and O–H groups in total. The van der Waals surface area contributed by atoms with Crippen molar-refractivity contribution >= 4 is 24.7 Å². The van der Waals surface area contributed by atoms with Crippen LogP contribution in [0.4, 0.5) is 0 Å². The monoisotopic (exact) mass is 619 g/mol. The molecule has 0 unspecified atom stereocenters. The van der Waals surface area contributed by atoms with E-state index < -0.39 is 0 Å². The fourth-order valence-corrected chi connectivity index (χ4v) is 4.00. The summed E-state index contributed by atoms with van der Waals surface area (Å²) in [6, 6.07) is 8.29. The van der Waals surface area contributed by atoms with Gasteiger partial charge in [-0.15, -0.1) is 0 Å². The van der Waals surface area contributed by atoms with E-state index in [2.05, 4.69) is 28.4 Å². The van der Waals surface area contributed by atoms with Crippen LogP contribution in [0.1, 0.15) is 5.69 Å². The van der Waals surface area contributed by atoms with Crippen LogP contribution in [0.25, 0.3) is 10.9 Å². The summed E-state index contributed by atoms with van der Waals surface area (Å²) < 4.78 is 4.23. The van der Waals surface area contributed by atoms with Gasteiger partial charge in [0.15, 0.2) is 0 Å². The number of amidine groups is 1. The standard InChI is InChI=1S/C14H13N5.2W/c1-10-12-5-3-4-6-13(12)19(16-10)8-7-11-9-14(15)17-18(11)2;;/h3-7H,1-2H3,(H2,15,17);;/b11-7+;;. The van der Waals surface area contributed by atoms with Gasteiger partial charge in [0.2, 0.25) is 0 Å². The summed E-state index contributed by atoms with van der Waals surface area (Å²) in [6.07, 6.45) is 2.12. The van der Waals surface area contributed by atoms with Crippen LogP contribution >= 0.6 is 0 Å². The van der Waals surface area contributed by atoms with Gasteiger partial charge in [-0.25, -0.2) is 0 Å². The molecule has 1 aromatic carbocycles. The van der Waals surface area contributed by atoms with Gasteiger partial charge in [-0.1, -0.05) is 0 Å². The van der Waals surface area contributed by atoms with Crippen molar-refractivity contribution in [3.63, 3.8) is 0 Å². The summed E-state index contributed by atoms with van der Waals surface area (Å²) >= 11 is 2.68. The average molecular weight is 619 g/mol. The number of aryl methyl sites for hydroxylation is 1. The van der Waals surface area contributed by atoms with E-state index >= 15 is 0 Å². The molecule has 21 heavy (non-hydrogen) atoms. The summed E-state index contributed by atoms with van der Waals surface area (Å²) in [6.45, 7) is 2.04. The molecule has 0 spiro atoms. The molecule has 0 saturated heterocycles. The summed E-state index contributed by atoms with van der Waals surface area (Å²) in [5.41, 5.74) is 9.14. The second-order valence-electron chi connectivity index (χ2n) is 4.72. The Morgan fingerprint density at radius 2 is 2.05 bits per heavy atom. The zero-order chi connectivity index (χ0) is 15.1. The third-order valence-electron chi connectivity index (χ3n) is 3.31. The Hall–Kier alpha value is -1.18. The molecule has 3 rings (SSSR count). The van der Waals surface area contributed by atoms with Gasteiger partial charge < -0.3 is 0 Å². The molecule has 0 fully saturated rings. The molecule has 1 aliphatic rings. The third kappa shape index (κ3) is 2.53. The quantitative estimate of drug-likeness (QED) is 0.539. The first kappa shape index (κ1) is 14.7. The van der Waals surface area contributed by atoms with Crippen LogP contribution in [0.2, 0.25) is 0 Å². The number of hydrogen-bond donors (Lipinski definition) is 1. The molecule has 7 heteroatoms. The van der Waals surface area contributed by atoms with Crippen molar-refractivity contribution in [2.75, 3.05) is 7.05 Å². The molecule has 1 aromatic heterocycles. The average Bonchev–Trinajstić information content (AvgIpc) is 2.92. The number of allylic oxidation sites excluding steroid dienone is 1. The first-order chi connectivity index (χ1) is 9.99. The van der Waals surface area contributed by atoms with Crippen LogP contribution in [0.3, 0.4) is 0 Å². The Balaban J connectivity index is 2.05. The topological polar surface area (TPSA) is 59.4 Å². The number of nitrogens with zero attached hydrogens (tertiary/aromatic N) is 4. The van der Waals surface area contributed by atoms with Gasteiger partial charge in [0.1, 0.15) is 0 Å². The van der Waals surface area contributed by atoms with Crippen molar-refractivity contribution < 1.29 is 38.7 Å². The first-order valence-corrected chi connectivity index (χ1v) is 9.25. The normalized spacial score (nSPS) is 16.9. The van der Waals surface area contributed by atoms with Crippen LogP contribution < -0.4 is 5.73 Å². The molecular weight excluding hydrogens is 606 g/mol. The van der Waals surface area contributed by atoms with Gasteiger partial charge in [0.05, 0.1) is 0 Å². The van der Waals surface area contributed by atoms with E-state index in [0.29, 0.717) is 5.84 Å². The summed E-state index contributed by atoms with van der Waals surface area (Å²) in [7, 11) is 1.92. The number of rotatable bonds is 2. The van der Waals surface area contributed by atoms with Crippen LogP contribution in [0.5, 0.6) is 0 Å². The second-order valence-corrected chi connectivity index (χ2v) is 7.69. The molecule has 1 aliphatic heterocycles. The molecule has 0 aliphatic carbocycles. The summed E-state index contributed by atoms with van der Waals surface area (Å²) in [4.78, 5) is 0. The SMILES string of the molecule is Cc1nn([C](=[W])/C=C2\[C](=[W])C(N)=NN2C)c2ccccc12. The van der Waals surface area contributed by atoms with Crippen molar-refractivity contribution in [2.24, 2.45) is 10.8 Å². The van der Waals surface area contributed by atoms with Gasteiger partial charge in [-0.05, 0) is 0 Å². The van der Waals surface area contributed by atoms with Crippen LogP contribution in [0.15, 0.2) is 41.1 Å². The minimum atomic E-state index is 0.614. The zero-order valence-electron chi connectivity index (χ0n) is 11.6. The zero-order valence-corrected chi connectivity index (χ0v) is 17.4. The minimum absolute atomic E-state index is 0.614. The maximum atomic E-state index is 5.89. The predicted molar refractivity (Wildman–Crippen MR) is 77.4 cm³/mol. The van der Waals surface area contributed by atoms with Crippen molar-refractivity contribution in [3.8, 4) is 0 Å². The van der Waals surface area contributed by atoms with Gasteiger partial charge in [-0.3, -0.25) is 0 Å². The molecule has 5 nitrogen and oxygen atoms in total. The molecule has 0 saturated carbocycles. The van der Waals surface area contributed by atoms with Gasteiger partial charge >= 0.3 is 145 Å². The van der Waals surface area contributed by atoms with Crippen molar-refractivity contribution in [1.82, 2.24) is 14.8 Å². The number of fused-ring (bicyclic) bond motifs is 1. The van der Waals surface area contributed by atoms with E-state index in [1.165, 1.54) is 44.1 Å². The van der Waals surface area contributed by atoms with Crippen LogP contribution in [0, 0.1) is 6.92 Å². The Labute approximate surface area is 144 Å². The first-order valence-electron chi connectivity index (χ1n) is 6.32. The van der Waals surface area contributed by atoms with E-state index in [4.69, 9.17) is 5.73 Å². The van der Waals surface area contributed by atoms with Crippen molar-refractivity contribution in [3.05, 3.63) is 41.7 Å². The molecule has 0 radical (unpaired) electrons. The van der Waals surface area contributed by atoms with Gasteiger partial charge in [0.25, 0.3) is 0 Å². The van der Waals surface area contributed by atoms with E-state index in [1.807, 2.05) is 35.8 Å². The second kappa shape index (κ2) is 5.55. The van der Waals surface area contributed by atoms with Crippen molar-refractivity contribution in [1.29, 1.82) is 0 Å². The number of hydrazone groups is 1. The molecule has 2 heterocycles. The fraction of sp³-hybridized carbons (Fsp3) is 0.143. The number of hydrogen-bond acceptors (Lipinski definition) is 4. The van der Waals surface area contributed by atoms with Crippen LogP contribution in [-0.2, 0) is 38.7 Å². The Morgan fingerprint density at radius 3 is 2.71 bits per heavy atom. The number of benzene rings is 1. The molecule has 0 bridgehead atoms. The molecule has 0 atom stereocenters.